The molecule has 1 saturated heterocycles. The predicted molar refractivity (Wildman–Crippen MR) is 104 cm³/mol. The second-order valence-corrected chi connectivity index (χ2v) is 7.77. The number of amidine groups is 1. The van der Waals surface area contributed by atoms with Crippen LogP contribution < -0.4 is 11.1 Å². The zero-order chi connectivity index (χ0) is 18.1. The van der Waals surface area contributed by atoms with Gasteiger partial charge in [0.25, 0.3) is 5.91 Å². The van der Waals surface area contributed by atoms with Gasteiger partial charge in [-0.2, -0.15) is 0 Å². The Hall–Kier alpha value is -2.09. The van der Waals surface area contributed by atoms with Crippen molar-refractivity contribution in [3.05, 3.63) is 58.9 Å². The lowest BCUT2D eigenvalue weighted by Crippen LogP contribution is -2.39. The quantitative estimate of drug-likeness (QED) is 0.843. The number of thioether (sulfide) groups is 1. The van der Waals surface area contributed by atoms with Crippen LogP contribution in [0.3, 0.4) is 0 Å². The fourth-order valence-electron chi connectivity index (χ4n) is 3.29. The van der Waals surface area contributed by atoms with E-state index in [0.29, 0.717) is 34.8 Å². The summed E-state index contributed by atoms with van der Waals surface area (Å²) < 4.78 is 5.71. The van der Waals surface area contributed by atoms with Gasteiger partial charge >= 0.3 is 0 Å². The van der Waals surface area contributed by atoms with Gasteiger partial charge in [0.05, 0.1) is 18.2 Å². The summed E-state index contributed by atoms with van der Waals surface area (Å²) in [5.41, 5.74) is 7.48. The van der Waals surface area contributed by atoms with Crippen molar-refractivity contribution in [3.63, 3.8) is 0 Å². The molecule has 4 rings (SSSR count). The number of nitrogens with one attached hydrogen (secondary N) is 1. The zero-order valence-electron chi connectivity index (χ0n) is 13.8. The first-order valence-corrected chi connectivity index (χ1v) is 9.52. The number of carbonyl (C=O) groups excluding carboxylic acids is 1. The van der Waals surface area contributed by atoms with Crippen LogP contribution in [-0.4, -0.2) is 35.0 Å². The summed E-state index contributed by atoms with van der Waals surface area (Å²) in [6.45, 7) is 1.16. The number of ether oxygens (including phenoxy) is 1. The number of pyridine rings is 1. The highest BCUT2D eigenvalue weighted by Gasteiger charge is 2.47. The number of halogens is 1. The molecule has 1 fully saturated rings. The van der Waals surface area contributed by atoms with E-state index in [2.05, 4.69) is 10.3 Å². The summed E-state index contributed by atoms with van der Waals surface area (Å²) >= 11 is 7.38. The van der Waals surface area contributed by atoms with Gasteiger partial charge in [0, 0.05) is 23.6 Å². The van der Waals surface area contributed by atoms with Crippen LogP contribution in [0.1, 0.15) is 16.1 Å². The lowest BCUT2D eigenvalue weighted by atomic mass is 9.81. The number of aliphatic imine (C=N–C) groups is 1. The van der Waals surface area contributed by atoms with Crippen LogP contribution in [0.25, 0.3) is 0 Å². The van der Waals surface area contributed by atoms with Crippen LogP contribution in [0.4, 0.5) is 5.69 Å². The standard InChI is InChI=1S/C18H17ClN4O2S/c19-13-4-5-15(21-7-13)16(24)22-14-3-1-2-11(6-14)18-10-25-8-12(18)9-26-17(20)23-18/h1-7,12H,8-10H2,(H2,20,23)(H,22,24)/t12-,18+/m0/s1. The minimum Gasteiger partial charge on any atom is -0.379 e. The molecule has 3 heterocycles. The van der Waals surface area contributed by atoms with E-state index in [1.807, 2.05) is 24.3 Å². The van der Waals surface area contributed by atoms with Gasteiger partial charge in [-0.15, -0.1) is 0 Å². The molecule has 8 heteroatoms. The summed E-state index contributed by atoms with van der Waals surface area (Å²) in [7, 11) is 0. The molecule has 1 aromatic carbocycles. The Morgan fingerprint density at radius 3 is 3.08 bits per heavy atom. The number of hydrogen-bond donors (Lipinski definition) is 2. The first kappa shape index (κ1) is 17.3. The Kier molecular flexibility index (Phi) is 4.60. The molecule has 3 N–H and O–H groups in total. The molecule has 2 aliphatic heterocycles. The first-order valence-electron chi connectivity index (χ1n) is 8.16. The van der Waals surface area contributed by atoms with E-state index in [1.54, 1.807) is 23.9 Å². The Labute approximate surface area is 160 Å². The molecule has 0 unspecified atom stereocenters. The maximum absolute atomic E-state index is 12.4. The Bertz CT molecular complexity index is 874. The molecule has 2 atom stereocenters. The molecule has 26 heavy (non-hydrogen) atoms. The van der Waals surface area contributed by atoms with Gasteiger partial charge < -0.3 is 15.8 Å². The van der Waals surface area contributed by atoms with E-state index in [9.17, 15) is 4.79 Å². The number of anilines is 1. The summed E-state index contributed by atoms with van der Waals surface area (Å²) in [6.07, 6.45) is 1.45. The number of nitrogens with zero attached hydrogens (tertiary/aromatic N) is 2. The summed E-state index contributed by atoms with van der Waals surface area (Å²) in [5.74, 6) is 0.849. The number of fused-ring (bicyclic) bond motifs is 1. The number of benzene rings is 1. The van der Waals surface area contributed by atoms with E-state index in [4.69, 9.17) is 27.1 Å². The third-order valence-electron chi connectivity index (χ3n) is 4.64. The van der Waals surface area contributed by atoms with Gasteiger partial charge in [0.15, 0.2) is 5.17 Å². The number of amides is 1. The maximum Gasteiger partial charge on any atom is 0.274 e. The van der Waals surface area contributed by atoms with Gasteiger partial charge in [-0.25, -0.2) is 9.98 Å². The molecule has 0 radical (unpaired) electrons. The van der Waals surface area contributed by atoms with Gasteiger partial charge in [0.2, 0.25) is 0 Å². The van der Waals surface area contributed by atoms with Crippen LogP contribution >= 0.6 is 23.4 Å². The summed E-state index contributed by atoms with van der Waals surface area (Å²) in [4.78, 5) is 21.2. The van der Waals surface area contributed by atoms with Crippen molar-refractivity contribution < 1.29 is 9.53 Å². The van der Waals surface area contributed by atoms with E-state index >= 15 is 0 Å². The monoisotopic (exact) mass is 388 g/mol. The first-order chi connectivity index (χ1) is 12.6. The van der Waals surface area contributed by atoms with Crippen LogP contribution in [0.2, 0.25) is 5.02 Å². The summed E-state index contributed by atoms with van der Waals surface area (Å²) in [6, 6.07) is 10.9. The molecule has 6 nitrogen and oxygen atoms in total. The van der Waals surface area contributed by atoms with Crippen molar-refractivity contribution in [1.29, 1.82) is 0 Å². The fraction of sp³-hybridized carbons (Fsp3) is 0.278. The second kappa shape index (κ2) is 6.90. The normalized spacial score (nSPS) is 24.7. The van der Waals surface area contributed by atoms with Gasteiger partial charge in [-0.1, -0.05) is 35.5 Å². The van der Waals surface area contributed by atoms with Crippen molar-refractivity contribution in [3.8, 4) is 0 Å². The average molecular weight is 389 g/mol. The van der Waals surface area contributed by atoms with Crippen molar-refractivity contribution in [2.45, 2.75) is 5.54 Å². The van der Waals surface area contributed by atoms with Crippen LogP contribution in [0.5, 0.6) is 0 Å². The molecule has 0 bridgehead atoms. The lowest BCUT2D eigenvalue weighted by molar-refractivity contribution is 0.102. The van der Waals surface area contributed by atoms with E-state index in [1.165, 1.54) is 6.20 Å². The largest absolute Gasteiger partial charge is 0.379 e. The molecular formula is C18H17ClN4O2S. The van der Waals surface area contributed by atoms with E-state index in [-0.39, 0.29) is 11.8 Å². The number of nitrogens with two attached hydrogens (primary N) is 1. The molecule has 1 aromatic heterocycles. The van der Waals surface area contributed by atoms with Crippen molar-refractivity contribution in [1.82, 2.24) is 4.98 Å². The van der Waals surface area contributed by atoms with Crippen LogP contribution in [0, 0.1) is 5.92 Å². The van der Waals surface area contributed by atoms with Crippen molar-refractivity contribution in [2.24, 2.45) is 16.6 Å². The van der Waals surface area contributed by atoms with Crippen molar-refractivity contribution >= 4 is 40.1 Å². The minimum absolute atomic E-state index is 0.267. The highest BCUT2D eigenvalue weighted by Crippen LogP contribution is 2.44. The van der Waals surface area contributed by atoms with Crippen LogP contribution in [-0.2, 0) is 10.3 Å². The summed E-state index contributed by atoms with van der Waals surface area (Å²) in [5, 5.41) is 3.94. The minimum atomic E-state index is -0.478. The van der Waals surface area contributed by atoms with Gasteiger partial charge in [-0.3, -0.25) is 4.79 Å². The topological polar surface area (TPSA) is 89.6 Å². The third-order valence-corrected chi connectivity index (χ3v) is 5.82. The zero-order valence-corrected chi connectivity index (χ0v) is 15.4. The molecule has 2 aliphatic rings. The number of aromatic nitrogens is 1. The fourth-order valence-corrected chi connectivity index (χ4v) is 4.38. The van der Waals surface area contributed by atoms with Crippen LogP contribution in [0.15, 0.2) is 47.6 Å². The SMILES string of the molecule is NC1=N[C@@]2(c3cccc(NC(=O)c4ccc(Cl)cn4)c3)COC[C@H]2CS1. The predicted octanol–water partition coefficient (Wildman–Crippen LogP) is 2.89. The molecule has 2 aromatic rings. The molecule has 1 amide bonds. The van der Waals surface area contributed by atoms with E-state index < -0.39 is 5.54 Å². The number of rotatable bonds is 3. The highest BCUT2D eigenvalue weighted by atomic mass is 35.5. The van der Waals surface area contributed by atoms with Gasteiger partial charge in [-0.05, 0) is 29.8 Å². The van der Waals surface area contributed by atoms with Crippen molar-refractivity contribution in [2.75, 3.05) is 24.3 Å². The lowest BCUT2D eigenvalue weighted by Gasteiger charge is -2.34. The highest BCUT2D eigenvalue weighted by molar-refractivity contribution is 8.13. The molecular weight excluding hydrogens is 372 g/mol. The molecule has 0 aliphatic carbocycles. The Morgan fingerprint density at radius 2 is 2.27 bits per heavy atom. The smallest absolute Gasteiger partial charge is 0.274 e. The van der Waals surface area contributed by atoms with E-state index in [0.717, 1.165) is 11.3 Å². The Morgan fingerprint density at radius 1 is 1.38 bits per heavy atom. The molecule has 134 valence electrons. The molecule has 0 spiro atoms. The number of hydrogen-bond acceptors (Lipinski definition) is 6. The van der Waals surface area contributed by atoms with Gasteiger partial charge in [0.1, 0.15) is 11.2 Å². The number of carbonyl (C=O) groups is 1. The maximum atomic E-state index is 12.4. The second-order valence-electron chi connectivity index (χ2n) is 6.29. The third kappa shape index (κ3) is 3.18. The average Bonchev–Trinajstić information content (AvgIpc) is 3.06. The molecule has 0 saturated carbocycles. The Balaban J connectivity index is 1.62.